The topological polar surface area (TPSA) is 38.3 Å². The molecule has 19 heavy (non-hydrogen) atoms. The Morgan fingerprint density at radius 1 is 1.47 bits per heavy atom. The fourth-order valence-electron chi connectivity index (χ4n) is 2.21. The van der Waals surface area contributed by atoms with Gasteiger partial charge >= 0.3 is 0 Å². The molecule has 104 valence electrons. The Balaban J connectivity index is 1.81. The van der Waals surface area contributed by atoms with Crippen LogP contribution in [-0.2, 0) is 11.2 Å². The van der Waals surface area contributed by atoms with Crippen molar-refractivity contribution < 1.29 is 9.53 Å². The lowest BCUT2D eigenvalue weighted by Gasteiger charge is -2.14. The molecule has 1 aromatic carbocycles. The van der Waals surface area contributed by atoms with Crippen LogP contribution in [0.15, 0.2) is 24.3 Å². The SMILES string of the molecule is COc1cccc(CC(=O)NCC2(CCCl)CC2)c1. The van der Waals surface area contributed by atoms with Crippen molar-refractivity contribution in [3.63, 3.8) is 0 Å². The quantitative estimate of drug-likeness (QED) is 0.781. The van der Waals surface area contributed by atoms with Gasteiger partial charge in [-0.15, -0.1) is 11.6 Å². The van der Waals surface area contributed by atoms with Gasteiger partial charge in [0.1, 0.15) is 5.75 Å². The normalized spacial score (nSPS) is 15.9. The Hall–Kier alpha value is -1.22. The number of nitrogens with one attached hydrogen (secondary N) is 1. The van der Waals surface area contributed by atoms with Crippen LogP contribution in [0.5, 0.6) is 5.75 Å². The third kappa shape index (κ3) is 4.13. The maximum Gasteiger partial charge on any atom is 0.224 e. The molecule has 3 nitrogen and oxygen atoms in total. The standard InChI is InChI=1S/C15H20ClNO2/c1-19-13-4-2-3-12(9-13)10-14(18)17-11-15(5-6-15)7-8-16/h2-4,9H,5-8,10-11H2,1H3,(H,17,18). The number of carbonyl (C=O) groups is 1. The summed E-state index contributed by atoms with van der Waals surface area (Å²) in [5.74, 6) is 1.52. The van der Waals surface area contributed by atoms with Gasteiger partial charge in [-0.05, 0) is 42.4 Å². The van der Waals surface area contributed by atoms with Crippen molar-refractivity contribution in [3.05, 3.63) is 29.8 Å². The number of alkyl halides is 1. The molecule has 0 heterocycles. The number of rotatable bonds is 7. The molecule has 0 aliphatic heterocycles. The predicted octanol–water partition coefficient (Wildman–Crippen LogP) is 2.76. The van der Waals surface area contributed by atoms with E-state index in [1.54, 1.807) is 7.11 Å². The van der Waals surface area contributed by atoms with Gasteiger partial charge in [0.05, 0.1) is 13.5 Å². The van der Waals surface area contributed by atoms with Crippen LogP contribution in [0.1, 0.15) is 24.8 Å². The summed E-state index contributed by atoms with van der Waals surface area (Å²) < 4.78 is 5.15. The van der Waals surface area contributed by atoms with Crippen molar-refractivity contribution in [2.75, 3.05) is 19.5 Å². The summed E-state index contributed by atoms with van der Waals surface area (Å²) in [5.41, 5.74) is 1.25. The first-order valence-electron chi connectivity index (χ1n) is 6.63. The first-order chi connectivity index (χ1) is 9.17. The molecule has 1 saturated carbocycles. The van der Waals surface area contributed by atoms with Crippen LogP contribution in [0.3, 0.4) is 0 Å². The van der Waals surface area contributed by atoms with Gasteiger partial charge in [0, 0.05) is 12.4 Å². The molecule has 0 aromatic heterocycles. The third-order valence-electron chi connectivity index (χ3n) is 3.74. The highest BCUT2D eigenvalue weighted by molar-refractivity contribution is 6.17. The van der Waals surface area contributed by atoms with E-state index >= 15 is 0 Å². The van der Waals surface area contributed by atoms with E-state index in [4.69, 9.17) is 16.3 Å². The lowest BCUT2D eigenvalue weighted by molar-refractivity contribution is -0.120. The van der Waals surface area contributed by atoms with E-state index in [2.05, 4.69) is 5.32 Å². The van der Waals surface area contributed by atoms with Crippen molar-refractivity contribution in [1.82, 2.24) is 5.32 Å². The zero-order chi connectivity index (χ0) is 13.7. The Morgan fingerprint density at radius 3 is 2.89 bits per heavy atom. The summed E-state index contributed by atoms with van der Waals surface area (Å²) in [7, 11) is 1.63. The summed E-state index contributed by atoms with van der Waals surface area (Å²) >= 11 is 5.78. The lowest BCUT2D eigenvalue weighted by atomic mass is 10.0. The van der Waals surface area contributed by atoms with Crippen LogP contribution in [0.25, 0.3) is 0 Å². The number of carbonyl (C=O) groups excluding carboxylic acids is 1. The maximum absolute atomic E-state index is 11.9. The van der Waals surface area contributed by atoms with E-state index < -0.39 is 0 Å². The molecule has 2 rings (SSSR count). The molecular weight excluding hydrogens is 262 g/mol. The minimum atomic E-state index is 0.0640. The molecule has 1 aromatic rings. The summed E-state index contributed by atoms with van der Waals surface area (Å²) in [5, 5.41) is 3.02. The molecule has 4 heteroatoms. The Kier molecular flexibility index (Phi) is 4.70. The molecule has 0 bridgehead atoms. The molecule has 1 aliphatic rings. The fraction of sp³-hybridized carbons (Fsp3) is 0.533. The van der Waals surface area contributed by atoms with Gasteiger partial charge in [-0.2, -0.15) is 0 Å². The fourth-order valence-corrected chi connectivity index (χ4v) is 2.61. The van der Waals surface area contributed by atoms with Crippen molar-refractivity contribution in [2.45, 2.75) is 25.7 Å². The highest BCUT2D eigenvalue weighted by Gasteiger charge is 2.41. The van der Waals surface area contributed by atoms with E-state index in [9.17, 15) is 4.79 Å². The minimum absolute atomic E-state index is 0.0640. The highest BCUT2D eigenvalue weighted by Crippen LogP contribution is 2.48. The number of benzene rings is 1. The van der Waals surface area contributed by atoms with Gasteiger partial charge in [-0.3, -0.25) is 4.79 Å². The van der Waals surface area contributed by atoms with Crippen molar-refractivity contribution in [2.24, 2.45) is 5.41 Å². The van der Waals surface area contributed by atoms with Crippen LogP contribution >= 0.6 is 11.6 Å². The maximum atomic E-state index is 11.9. The first kappa shape index (κ1) is 14.2. The van der Waals surface area contributed by atoms with E-state index in [1.807, 2.05) is 24.3 Å². The van der Waals surface area contributed by atoms with E-state index in [0.717, 1.165) is 24.3 Å². The molecule has 1 N–H and O–H groups in total. The second-order valence-electron chi connectivity index (χ2n) is 5.24. The Bertz CT molecular complexity index is 444. The summed E-state index contributed by atoms with van der Waals surface area (Å²) in [6.07, 6.45) is 3.75. The van der Waals surface area contributed by atoms with Crippen LogP contribution in [-0.4, -0.2) is 25.4 Å². The van der Waals surface area contributed by atoms with E-state index in [-0.39, 0.29) is 11.3 Å². The Labute approximate surface area is 119 Å². The van der Waals surface area contributed by atoms with Gasteiger partial charge in [-0.25, -0.2) is 0 Å². The zero-order valence-electron chi connectivity index (χ0n) is 11.2. The summed E-state index contributed by atoms with van der Waals surface area (Å²) in [6.45, 7) is 0.753. The molecule has 0 unspecified atom stereocenters. The molecule has 0 saturated heterocycles. The number of amides is 1. The van der Waals surface area contributed by atoms with Crippen molar-refractivity contribution in [3.8, 4) is 5.75 Å². The molecule has 1 aliphatic carbocycles. The number of ether oxygens (including phenoxy) is 1. The summed E-state index contributed by atoms with van der Waals surface area (Å²) in [4.78, 5) is 11.9. The molecule has 0 spiro atoms. The number of hydrogen-bond donors (Lipinski definition) is 1. The molecule has 0 atom stereocenters. The second-order valence-corrected chi connectivity index (χ2v) is 5.62. The molecule has 0 radical (unpaired) electrons. The van der Waals surface area contributed by atoms with Gasteiger partial charge < -0.3 is 10.1 Å². The van der Waals surface area contributed by atoms with Gasteiger partial charge in [-0.1, -0.05) is 12.1 Å². The van der Waals surface area contributed by atoms with Crippen molar-refractivity contribution >= 4 is 17.5 Å². The average Bonchev–Trinajstić information content (AvgIpc) is 3.17. The third-order valence-corrected chi connectivity index (χ3v) is 3.93. The second kappa shape index (κ2) is 6.29. The number of hydrogen-bond acceptors (Lipinski definition) is 2. The number of halogens is 1. The van der Waals surface area contributed by atoms with E-state index in [1.165, 1.54) is 12.8 Å². The van der Waals surface area contributed by atoms with Gasteiger partial charge in [0.2, 0.25) is 5.91 Å². The monoisotopic (exact) mass is 281 g/mol. The Morgan fingerprint density at radius 2 is 2.26 bits per heavy atom. The van der Waals surface area contributed by atoms with Gasteiger partial charge in [0.25, 0.3) is 0 Å². The first-order valence-corrected chi connectivity index (χ1v) is 7.16. The average molecular weight is 282 g/mol. The predicted molar refractivity (Wildman–Crippen MR) is 76.7 cm³/mol. The molecule has 1 amide bonds. The van der Waals surface area contributed by atoms with Crippen LogP contribution in [0.4, 0.5) is 0 Å². The lowest BCUT2D eigenvalue weighted by Crippen LogP contribution is -2.31. The van der Waals surface area contributed by atoms with Crippen LogP contribution < -0.4 is 10.1 Å². The smallest absolute Gasteiger partial charge is 0.224 e. The van der Waals surface area contributed by atoms with Crippen molar-refractivity contribution in [1.29, 1.82) is 0 Å². The molecular formula is C15H20ClNO2. The minimum Gasteiger partial charge on any atom is -0.497 e. The van der Waals surface area contributed by atoms with Gasteiger partial charge in [0.15, 0.2) is 0 Å². The zero-order valence-corrected chi connectivity index (χ0v) is 12.0. The van der Waals surface area contributed by atoms with Crippen LogP contribution in [0.2, 0.25) is 0 Å². The number of methoxy groups -OCH3 is 1. The highest BCUT2D eigenvalue weighted by atomic mass is 35.5. The molecule has 1 fully saturated rings. The summed E-state index contributed by atoms with van der Waals surface area (Å²) in [6, 6.07) is 7.61. The van der Waals surface area contributed by atoms with Crippen LogP contribution in [0, 0.1) is 5.41 Å². The van der Waals surface area contributed by atoms with E-state index in [0.29, 0.717) is 12.3 Å². The largest absolute Gasteiger partial charge is 0.497 e.